The van der Waals surface area contributed by atoms with Crippen molar-refractivity contribution in [1.82, 2.24) is 0 Å². The Morgan fingerprint density at radius 3 is 1.46 bits per heavy atom. The van der Waals surface area contributed by atoms with Crippen LogP contribution in [0.2, 0.25) is 0 Å². The van der Waals surface area contributed by atoms with E-state index in [1.165, 1.54) is 32.1 Å². The van der Waals surface area contributed by atoms with Crippen LogP contribution in [0.15, 0.2) is 0 Å². The molecule has 0 amide bonds. The molecule has 1 fully saturated rings. The molecule has 1 saturated carbocycles. The standard InChI is InChI=1S/C6H11I.2CHNO/c7-6-4-2-1-3-5-6;2*2-1-3/h6H,1-5H2;2*2H. The topological polar surface area (TPSA) is 81.8 Å². The van der Waals surface area contributed by atoms with Crippen molar-refractivity contribution >= 4 is 34.8 Å². The number of hydrogen-bond acceptors (Lipinski definition) is 4. The van der Waals surface area contributed by atoms with Gasteiger partial charge in [0.15, 0.2) is 0 Å². The molecule has 5 heteroatoms. The molecule has 0 aliphatic heterocycles. The van der Waals surface area contributed by atoms with Gasteiger partial charge in [0.25, 0.3) is 0 Å². The zero-order valence-electron chi connectivity index (χ0n) is 7.31. The molecule has 0 heterocycles. The fourth-order valence-corrected chi connectivity index (χ4v) is 1.93. The van der Waals surface area contributed by atoms with E-state index in [0.717, 1.165) is 16.1 Å². The maximum absolute atomic E-state index is 8.35. The lowest BCUT2D eigenvalue weighted by Gasteiger charge is -2.13. The minimum absolute atomic E-state index is 0.750. The van der Waals surface area contributed by atoms with Crippen LogP contribution in [0.25, 0.3) is 0 Å². The van der Waals surface area contributed by atoms with Crippen LogP contribution in [0, 0.1) is 10.8 Å². The lowest BCUT2D eigenvalue weighted by molar-refractivity contribution is 0.528. The van der Waals surface area contributed by atoms with E-state index in [1.807, 2.05) is 0 Å². The Kier molecular flexibility index (Phi) is 16.2. The van der Waals surface area contributed by atoms with Crippen molar-refractivity contribution < 1.29 is 9.59 Å². The number of alkyl halides is 1. The van der Waals surface area contributed by atoms with Crippen LogP contribution in [0.5, 0.6) is 0 Å². The van der Waals surface area contributed by atoms with E-state index in [0.29, 0.717) is 0 Å². The van der Waals surface area contributed by atoms with Crippen molar-refractivity contribution in [2.24, 2.45) is 0 Å². The molecule has 0 aromatic rings. The second kappa shape index (κ2) is 14.0. The van der Waals surface area contributed by atoms with Crippen LogP contribution >= 0.6 is 22.6 Å². The zero-order chi connectivity index (χ0) is 10.5. The highest BCUT2D eigenvalue weighted by Gasteiger charge is 2.07. The molecule has 13 heavy (non-hydrogen) atoms. The van der Waals surface area contributed by atoms with Gasteiger partial charge in [-0.3, -0.25) is 0 Å². The number of rotatable bonds is 0. The molecule has 1 aliphatic rings. The molecule has 2 N–H and O–H groups in total. The largest absolute Gasteiger partial charge is 0.231 e. The SMILES string of the molecule is IC1CCCCC1.N=C=O.N=C=O. The molecule has 0 aromatic carbocycles. The summed E-state index contributed by atoms with van der Waals surface area (Å²) >= 11 is 2.56. The maximum atomic E-state index is 8.35. The third kappa shape index (κ3) is 18.4. The fourth-order valence-electron chi connectivity index (χ4n) is 1.05. The summed E-state index contributed by atoms with van der Waals surface area (Å²) in [4.78, 5) is 16.7. The van der Waals surface area contributed by atoms with Crippen LogP contribution in [0.3, 0.4) is 0 Å². The van der Waals surface area contributed by atoms with Gasteiger partial charge in [0, 0.05) is 3.92 Å². The van der Waals surface area contributed by atoms with Gasteiger partial charge in [-0.05, 0) is 12.8 Å². The summed E-state index contributed by atoms with van der Waals surface area (Å²) in [5.74, 6) is 0. The second-order valence-electron chi connectivity index (χ2n) is 2.44. The predicted molar refractivity (Wildman–Crippen MR) is 57.7 cm³/mol. The first-order valence-corrected chi connectivity index (χ1v) is 5.19. The smallest absolute Gasteiger partial charge is 0.222 e. The molecule has 1 rings (SSSR count). The number of hydrogen-bond donors (Lipinski definition) is 2. The van der Waals surface area contributed by atoms with Gasteiger partial charge in [-0.25, -0.2) is 20.4 Å². The van der Waals surface area contributed by atoms with Crippen LogP contribution in [0.4, 0.5) is 0 Å². The number of carbonyl (C=O) groups excluding carboxylic acids is 2. The van der Waals surface area contributed by atoms with Gasteiger partial charge >= 0.3 is 0 Å². The van der Waals surface area contributed by atoms with Crippen LogP contribution < -0.4 is 0 Å². The lowest BCUT2D eigenvalue weighted by atomic mass is 10.0. The Balaban J connectivity index is 0. The molecular formula is C8H13IN2O2. The molecule has 0 unspecified atom stereocenters. The van der Waals surface area contributed by atoms with Crippen molar-refractivity contribution in [3.05, 3.63) is 0 Å². The Labute approximate surface area is 91.3 Å². The number of halogens is 1. The molecule has 0 saturated heterocycles. The lowest BCUT2D eigenvalue weighted by Crippen LogP contribution is -2.02. The van der Waals surface area contributed by atoms with E-state index in [4.69, 9.17) is 20.4 Å². The molecule has 0 radical (unpaired) electrons. The Hall–Kier alpha value is -0.510. The summed E-state index contributed by atoms with van der Waals surface area (Å²) in [6.45, 7) is 0. The molecule has 0 atom stereocenters. The minimum atomic E-state index is 0.750. The van der Waals surface area contributed by atoms with Gasteiger partial charge in [0.1, 0.15) is 0 Å². The fraction of sp³-hybridized carbons (Fsp3) is 0.750. The monoisotopic (exact) mass is 296 g/mol. The summed E-state index contributed by atoms with van der Waals surface area (Å²) in [6.07, 6.45) is 8.89. The summed E-state index contributed by atoms with van der Waals surface area (Å²) in [5, 5.41) is 10.8. The highest BCUT2D eigenvalue weighted by atomic mass is 127. The first-order chi connectivity index (χ1) is 6.22. The third-order valence-corrected chi connectivity index (χ3v) is 2.78. The average molecular weight is 296 g/mol. The summed E-state index contributed by atoms with van der Waals surface area (Å²) in [6, 6.07) is 0. The van der Waals surface area contributed by atoms with Gasteiger partial charge in [-0.15, -0.1) is 0 Å². The first kappa shape index (κ1) is 15.0. The van der Waals surface area contributed by atoms with Gasteiger partial charge in [-0.2, -0.15) is 0 Å². The van der Waals surface area contributed by atoms with Crippen molar-refractivity contribution in [1.29, 1.82) is 10.8 Å². The van der Waals surface area contributed by atoms with Gasteiger partial charge in [0.2, 0.25) is 12.2 Å². The highest BCUT2D eigenvalue weighted by Crippen LogP contribution is 2.23. The zero-order valence-corrected chi connectivity index (χ0v) is 9.46. The van der Waals surface area contributed by atoms with Gasteiger partial charge in [0.05, 0.1) is 0 Å². The predicted octanol–water partition coefficient (Wildman–Crippen LogP) is 2.56. The Morgan fingerprint density at radius 2 is 1.31 bits per heavy atom. The second-order valence-corrected chi connectivity index (χ2v) is 4.20. The van der Waals surface area contributed by atoms with Gasteiger partial charge < -0.3 is 0 Å². The van der Waals surface area contributed by atoms with Crippen LogP contribution in [-0.4, -0.2) is 16.1 Å². The molecule has 0 aromatic heterocycles. The van der Waals surface area contributed by atoms with Crippen molar-refractivity contribution in [3.8, 4) is 0 Å². The quantitative estimate of drug-likeness (QED) is 0.312. The first-order valence-electron chi connectivity index (χ1n) is 3.94. The maximum Gasteiger partial charge on any atom is 0.231 e. The summed E-state index contributed by atoms with van der Waals surface area (Å²) in [7, 11) is 0. The van der Waals surface area contributed by atoms with E-state index in [9.17, 15) is 0 Å². The molecule has 4 nitrogen and oxygen atoms in total. The number of isocyanates is 2. The van der Waals surface area contributed by atoms with Crippen molar-refractivity contribution in [2.45, 2.75) is 36.0 Å². The summed E-state index contributed by atoms with van der Waals surface area (Å²) in [5.41, 5.74) is 0. The van der Waals surface area contributed by atoms with E-state index in [2.05, 4.69) is 22.6 Å². The third-order valence-electron chi connectivity index (χ3n) is 1.53. The highest BCUT2D eigenvalue weighted by molar-refractivity contribution is 14.1. The van der Waals surface area contributed by atoms with Crippen molar-refractivity contribution in [2.75, 3.05) is 0 Å². The molecular weight excluding hydrogens is 283 g/mol. The normalized spacial score (nSPS) is 14.8. The van der Waals surface area contributed by atoms with Crippen LogP contribution in [0.1, 0.15) is 32.1 Å². The molecule has 1 aliphatic carbocycles. The Bertz CT molecular complexity index is 155. The van der Waals surface area contributed by atoms with Gasteiger partial charge in [-0.1, -0.05) is 41.9 Å². The van der Waals surface area contributed by atoms with E-state index < -0.39 is 0 Å². The molecule has 74 valence electrons. The van der Waals surface area contributed by atoms with E-state index >= 15 is 0 Å². The number of nitrogens with one attached hydrogen (secondary N) is 2. The van der Waals surface area contributed by atoms with E-state index in [1.54, 1.807) is 0 Å². The van der Waals surface area contributed by atoms with E-state index in [-0.39, 0.29) is 0 Å². The molecule has 0 bridgehead atoms. The molecule has 0 spiro atoms. The van der Waals surface area contributed by atoms with Crippen molar-refractivity contribution in [3.63, 3.8) is 0 Å². The van der Waals surface area contributed by atoms with Crippen LogP contribution in [-0.2, 0) is 9.59 Å². The Morgan fingerprint density at radius 1 is 1.00 bits per heavy atom. The minimum Gasteiger partial charge on any atom is -0.222 e. The average Bonchev–Trinajstić information content (AvgIpc) is 2.08. The summed E-state index contributed by atoms with van der Waals surface area (Å²) < 4.78 is 1.01.